The van der Waals surface area contributed by atoms with Crippen LogP contribution in [0.2, 0.25) is 0 Å². The van der Waals surface area contributed by atoms with E-state index in [1.165, 1.54) is 6.08 Å². The first-order chi connectivity index (χ1) is 8.24. The van der Waals surface area contributed by atoms with Crippen LogP contribution in [0.3, 0.4) is 0 Å². The molecule has 0 radical (unpaired) electrons. The minimum atomic E-state index is -1.42. The third-order valence-electron chi connectivity index (χ3n) is 2.12. The predicted molar refractivity (Wildman–Crippen MR) is 62.4 cm³/mol. The first-order valence-electron chi connectivity index (χ1n) is 4.88. The van der Waals surface area contributed by atoms with E-state index >= 15 is 0 Å². The van der Waals surface area contributed by atoms with Crippen molar-refractivity contribution >= 4 is 10.8 Å². The van der Waals surface area contributed by atoms with E-state index in [9.17, 15) is 9.42 Å². The van der Waals surface area contributed by atoms with Crippen molar-refractivity contribution in [3.05, 3.63) is 48.2 Å². The molecule has 0 aliphatic heterocycles. The standard InChI is InChI=1S/C11H10N2O3S/c1-2-8-17(15)11-10(13(14)16-12-11)9-6-4-3-5-7-9/h2-7H,1,8H2. The summed E-state index contributed by atoms with van der Waals surface area (Å²) in [5, 5.41) is 15.2. The molecule has 2 rings (SSSR count). The Bertz CT molecular complexity index is 551. The predicted octanol–water partition coefficient (Wildman–Crippen LogP) is 1.27. The Labute approximate surface area is 100 Å². The molecule has 1 unspecified atom stereocenters. The molecule has 2 aromatic rings. The number of rotatable bonds is 4. The molecule has 0 amide bonds. The van der Waals surface area contributed by atoms with Gasteiger partial charge in [-0.15, -0.1) is 6.58 Å². The van der Waals surface area contributed by atoms with Gasteiger partial charge in [-0.05, 0) is 4.90 Å². The molecule has 17 heavy (non-hydrogen) atoms. The highest BCUT2D eigenvalue weighted by molar-refractivity contribution is 7.85. The summed E-state index contributed by atoms with van der Waals surface area (Å²) in [7, 11) is -1.42. The summed E-state index contributed by atoms with van der Waals surface area (Å²) in [4.78, 5) is 0.269. The van der Waals surface area contributed by atoms with Gasteiger partial charge in [0.15, 0.2) is 0 Å². The Hall–Kier alpha value is -1.95. The van der Waals surface area contributed by atoms with Gasteiger partial charge in [-0.2, -0.15) is 0 Å². The van der Waals surface area contributed by atoms with E-state index in [1.54, 1.807) is 24.3 Å². The average Bonchev–Trinajstić information content (AvgIpc) is 2.73. The van der Waals surface area contributed by atoms with Gasteiger partial charge in [0, 0.05) is 11.3 Å². The van der Waals surface area contributed by atoms with Crippen LogP contribution in [0.4, 0.5) is 0 Å². The van der Waals surface area contributed by atoms with Gasteiger partial charge in [-0.3, -0.25) is 4.63 Å². The minimum absolute atomic E-state index is 0.145. The van der Waals surface area contributed by atoms with Crippen LogP contribution in [0, 0.1) is 5.21 Å². The lowest BCUT2D eigenvalue weighted by Gasteiger charge is -1.97. The number of nitrogens with zero attached hydrogens (tertiary/aromatic N) is 2. The van der Waals surface area contributed by atoms with Crippen LogP contribution in [0.25, 0.3) is 11.3 Å². The summed E-state index contributed by atoms with van der Waals surface area (Å²) in [5.41, 5.74) is 0.807. The molecule has 0 saturated heterocycles. The first kappa shape index (κ1) is 11.5. The Balaban J connectivity index is 2.50. The molecule has 0 fully saturated rings. The smallest absolute Gasteiger partial charge is 0.312 e. The van der Waals surface area contributed by atoms with Crippen LogP contribution in [-0.2, 0) is 10.8 Å². The highest BCUT2D eigenvalue weighted by atomic mass is 32.2. The van der Waals surface area contributed by atoms with Gasteiger partial charge in [0.1, 0.15) is 10.8 Å². The topological polar surface area (TPSA) is 70.0 Å². The SMILES string of the molecule is C=CCS(=O)c1no[n+]([O-])c1-c1ccccc1. The third-order valence-corrected chi connectivity index (χ3v) is 3.35. The fourth-order valence-corrected chi connectivity index (χ4v) is 2.29. The molecular weight excluding hydrogens is 240 g/mol. The summed E-state index contributed by atoms with van der Waals surface area (Å²) in [5.74, 6) is 0.229. The second-order valence-electron chi connectivity index (χ2n) is 3.25. The molecule has 1 aromatic heterocycles. The molecule has 1 heterocycles. The van der Waals surface area contributed by atoms with Crippen molar-refractivity contribution in [2.24, 2.45) is 0 Å². The molecule has 0 spiro atoms. The van der Waals surface area contributed by atoms with Crippen molar-refractivity contribution in [1.82, 2.24) is 5.16 Å². The molecule has 0 N–H and O–H groups in total. The van der Waals surface area contributed by atoms with E-state index < -0.39 is 10.8 Å². The molecule has 88 valence electrons. The lowest BCUT2D eigenvalue weighted by atomic mass is 10.2. The summed E-state index contributed by atoms with van der Waals surface area (Å²) < 4.78 is 16.3. The number of aromatic nitrogens is 2. The maximum atomic E-state index is 11.8. The molecule has 0 saturated carbocycles. The Morgan fingerprint density at radius 3 is 2.82 bits per heavy atom. The zero-order valence-electron chi connectivity index (χ0n) is 8.91. The number of benzene rings is 1. The second-order valence-corrected chi connectivity index (χ2v) is 4.66. The van der Waals surface area contributed by atoms with Crippen LogP contribution in [0.15, 0.2) is 52.6 Å². The van der Waals surface area contributed by atoms with Gasteiger partial charge in [0.05, 0.1) is 5.16 Å². The maximum Gasteiger partial charge on any atom is 0.312 e. The molecular formula is C11H10N2O3S. The van der Waals surface area contributed by atoms with Gasteiger partial charge in [0.25, 0.3) is 0 Å². The normalized spacial score (nSPS) is 12.2. The van der Waals surface area contributed by atoms with E-state index in [1.807, 2.05) is 6.07 Å². The molecule has 5 nitrogen and oxygen atoms in total. The van der Waals surface area contributed by atoms with E-state index in [0.29, 0.717) is 5.56 Å². The van der Waals surface area contributed by atoms with E-state index in [-0.39, 0.29) is 21.4 Å². The van der Waals surface area contributed by atoms with Crippen LogP contribution in [-0.4, -0.2) is 15.1 Å². The van der Waals surface area contributed by atoms with Crippen LogP contribution < -0.4 is 4.90 Å². The van der Waals surface area contributed by atoms with Crippen molar-refractivity contribution < 1.29 is 13.7 Å². The van der Waals surface area contributed by atoms with Crippen molar-refractivity contribution in [2.75, 3.05) is 5.75 Å². The summed E-state index contributed by atoms with van der Waals surface area (Å²) in [6, 6.07) is 8.85. The van der Waals surface area contributed by atoms with Crippen molar-refractivity contribution in [1.29, 1.82) is 0 Å². The first-order valence-corrected chi connectivity index (χ1v) is 6.20. The zero-order chi connectivity index (χ0) is 12.3. The van der Waals surface area contributed by atoms with Crippen LogP contribution in [0.1, 0.15) is 0 Å². The molecule has 6 heteroatoms. The van der Waals surface area contributed by atoms with E-state index in [0.717, 1.165) is 0 Å². The van der Waals surface area contributed by atoms with Gasteiger partial charge in [-0.1, -0.05) is 36.4 Å². The third kappa shape index (κ3) is 2.26. The lowest BCUT2D eigenvalue weighted by molar-refractivity contribution is -0.793. The lowest BCUT2D eigenvalue weighted by Crippen LogP contribution is -2.25. The Morgan fingerprint density at radius 1 is 1.47 bits per heavy atom. The fourth-order valence-electron chi connectivity index (χ4n) is 1.40. The molecule has 1 aromatic carbocycles. The summed E-state index contributed by atoms with van der Waals surface area (Å²) >= 11 is 0. The van der Waals surface area contributed by atoms with Crippen LogP contribution in [0.5, 0.6) is 0 Å². The van der Waals surface area contributed by atoms with E-state index in [2.05, 4.69) is 16.4 Å². The van der Waals surface area contributed by atoms with Gasteiger partial charge in [0.2, 0.25) is 5.69 Å². The highest BCUT2D eigenvalue weighted by Crippen LogP contribution is 2.21. The van der Waals surface area contributed by atoms with Crippen molar-refractivity contribution in [3.63, 3.8) is 0 Å². The minimum Gasteiger partial charge on any atom is -0.359 e. The van der Waals surface area contributed by atoms with Gasteiger partial charge in [-0.25, -0.2) is 4.21 Å². The summed E-state index contributed by atoms with van der Waals surface area (Å²) in [6.07, 6.45) is 1.51. The van der Waals surface area contributed by atoms with Crippen molar-refractivity contribution in [3.8, 4) is 11.3 Å². The zero-order valence-corrected chi connectivity index (χ0v) is 9.72. The van der Waals surface area contributed by atoms with Crippen LogP contribution >= 0.6 is 0 Å². The number of hydrogen-bond donors (Lipinski definition) is 0. The Morgan fingerprint density at radius 2 is 2.18 bits per heavy atom. The number of hydrogen-bond acceptors (Lipinski definition) is 4. The molecule has 0 aliphatic rings. The monoisotopic (exact) mass is 250 g/mol. The molecule has 1 atom stereocenters. The highest BCUT2D eigenvalue weighted by Gasteiger charge is 2.25. The Kier molecular flexibility index (Phi) is 3.34. The average molecular weight is 250 g/mol. The fraction of sp³-hybridized carbons (Fsp3) is 0.0909. The van der Waals surface area contributed by atoms with Crippen molar-refractivity contribution in [2.45, 2.75) is 5.03 Å². The second kappa shape index (κ2) is 4.92. The van der Waals surface area contributed by atoms with E-state index in [4.69, 9.17) is 0 Å². The van der Waals surface area contributed by atoms with Gasteiger partial charge < -0.3 is 5.21 Å². The van der Waals surface area contributed by atoms with Gasteiger partial charge >= 0.3 is 5.03 Å². The maximum absolute atomic E-state index is 11.8. The quantitative estimate of drug-likeness (QED) is 0.605. The largest absolute Gasteiger partial charge is 0.359 e. The molecule has 0 bridgehead atoms. The summed E-state index contributed by atoms with van der Waals surface area (Å²) in [6.45, 7) is 3.50. The molecule has 0 aliphatic carbocycles.